The zero-order valence-corrected chi connectivity index (χ0v) is 15.2. The van der Waals surface area contributed by atoms with Gasteiger partial charge < -0.3 is 14.5 Å². The quantitative estimate of drug-likeness (QED) is 0.680. The zero-order valence-electron chi connectivity index (χ0n) is 15.2. The van der Waals surface area contributed by atoms with Crippen LogP contribution in [0.4, 0.5) is 27.6 Å². The summed E-state index contributed by atoms with van der Waals surface area (Å²) in [6, 6.07) is 2.68. The molecule has 2 aliphatic carbocycles. The first-order chi connectivity index (χ1) is 13.0. The molecule has 4 rings (SSSR count). The number of carbonyl (C=O) groups is 1. The molecule has 3 fully saturated rings. The maximum atomic E-state index is 13.3. The maximum absolute atomic E-state index is 13.3. The first-order valence-corrected chi connectivity index (χ1v) is 9.14. The molecule has 0 N–H and O–H groups in total. The van der Waals surface area contributed by atoms with E-state index >= 15 is 0 Å². The highest BCUT2D eigenvalue weighted by Crippen LogP contribution is 2.53. The Kier molecular flexibility index (Phi) is 4.24. The lowest BCUT2D eigenvalue weighted by Crippen LogP contribution is -2.56. The molecule has 154 valence electrons. The first-order valence-electron chi connectivity index (χ1n) is 9.14. The Morgan fingerprint density at radius 1 is 1.29 bits per heavy atom. The van der Waals surface area contributed by atoms with Crippen LogP contribution < -0.4 is 9.64 Å². The minimum absolute atomic E-state index is 0.0125. The third-order valence-corrected chi connectivity index (χ3v) is 5.59. The number of amides is 1. The second-order valence-corrected chi connectivity index (χ2v) is 7.88. The largest absolute Gasteiger partial charge is 0.476 e. The molecule has 0 atom stereocenters. The van der Waals surface area contributed by atoms with Gasteiger partial charge in [0.1, 0.15) is 16.9 Å². The summed E-state index contributed by atoms with van der Waals surface area (Å²) in [7, 11) is 1.11. The van der Waals surface area contributed by atoms with Gasteiger partial charge >= 0.3 is 6.18 Å². The first kappa shape index (κ1) is 19.2. The monoisotopic (exact) mass is 405 g/mol. The van der Waals surface area contributed by atoms with E-state index in [-0.39, 0.29) is 24.4 Å². The number of anilines is 1. The van der Waals surface area contributed by atoms with Crippen LogP contribution in [-0.2, 0) is 0 Å². The van der Waals surface area contributed by atoms with E-state index in [2.05, 4.69) is 4.98 Å². The third kappa shape index (κ3) is 3.37. The fourth-order valence-electron chi connectivity index (χ4n) is 3.36. The van der Waals surface area contributed by atoms with Crippen molar-refractivity contribution >= 4 is 11.6 Å². The predicted octanol–water partition coefficient (Wildman–Crippen LogP) is 3.49. The highest BCUT2D eigenvalue weighted by atomic mass is 19.4. The Morgan fingerprint density at radius 3 is 2.43 bits per heavy atom. The van der Waals surface area contributed by atoms with Gasteiger partial charge in [-0.1, -0.05) is 0 Å². The Labute approximate surface area is 158 Å². The Balaban J connectivity index is 1.57. The van der Waals surface area contributed by atoms with E-state index in [0.717, 1.165) is 19.9 Å². The molecule has 0 spiro atoms. The normalized spacial score (nSPS) is 22.4. The minimum atomic E-state index is -4.52. The molecule has 2 saturated carbocycles. The summed E-state index contributed by atoms with van der Waals surface area (Å²) in [4.78, 5) is 18.8. The molecule has 1 amide bonds. The molecule has 10 heteroatoms. The summed E-state index contributed by atoms with van der Waals surface area (Å²) in [5.74, 6) is -3.30. The van der Waals surface area contributed by atoms with Crippen molar-refractivity contribution in [2.24, 2.45) is 5.92 Å². The van der Waals surface area contributed by atoms with Crippen LogP contribution in [0.15, 0.2) is 12.1 Å². The van der Waals surface area contributed by atoms with Crippen LogP contribution in [0.5, 0.6) is 5.88 Å². The number of hydrogen-bond donors (Lipinski definition) is 0. The summed E-state index contributed by atoms with van der Waals surface area (Å²) in [6.07, 6.45) is -2.83. The number of halogens is 5. The van der Waals surface area contributed by atoms with Crippen molar-refractivity contribution < 1.29 is 31.5 Å². The Hall–Kier alpha value is -2.13. The van der Waals surface area contributed by atoms with Gasteiger partial charge in [-0.05, 0) is 43.7 Å². The number of nitrogens with zero attached hydrogens (tertiary/aromatic N) is 3. The lowest BCUT2D eigenvalue weighted by atomic mass is 10.1. The number of carbonyl (C=O) groups excluding carboxylic acids is 1. The van der Waals surface area contributed by atoms with E-state index in [1.165, 1.54) is 17.0 Å². The molecule has 1 aromatic heterocycles. The van der Waals surface area contributed by atoms with Gasteiger partial charge in [0, 0.05) is 7.05 Å². The van der Waals surface area contributed by atoms with Crippen molar-refractivity contribution in [2.45, 2.75) is 43.3 Å². The van der Waals surface area contributed by atoms with E-state index in [0.29, 0.717) is 23.1 Å². The van der Waals surface area contributed by atoms with Crippen LogP contribution >= 0.6 is 0 Å². The standard InChI is InChI=1S/C18H20F5N3O2/c1-25(16(6-7-16)18(21,22)23)15(27)12-4-5-13(26-9-17(19,20)10-26)14(24-12)28-8-11-2-3-11/h4-5,11H,2-3,6-10H2,1H3. The van der Waals surface area contributed by atoms with Gasteiger partial charge in [0.05, 0.1) is 19.7 Å². The molecular formula is C18H20F5N3O2. The Bertz CT molecular complexity index is 782. The minimum Gasteiger partial charge on any atom is -0.476 e. The smallest absolute Gasteiger partial charge is 0.411 e. The van der Waals surface area contributed by atoms with E-state index in [9.17, 15) is 26.7 Å². The molecule has 1 aliphatic heterocycles. The van der Waals surface area contributed by atoms with Crippen LogP contribution in [0, 0.1) is 5.92 Å². The molecular weight excluding hydrogens is 385 g/mol. The summed E-state index contributed by atoms with van der Waals surface area (Å²) in [5.41, 5.74) is -2.03. The van der Waals surface area contributed by atoms with Crippen LogP contribution in [-0.4, -0.2) is 60.2 Å². The van der Waals surface area contributed by atoms with E-state index in [4.69, 9.17) is 4.74 Å². The number of ether oxygens (including phenoxy) is 1. The van der Waals surface area contributed by atoms with Crippen LogP contribution in [0.25, 0.3) is 0 Å². The zero-order chi connectivity index (χ0) is 20.3. The lowest BCUT2D eigenvalue weighted by molar-refractivity contribution is -0.185. The fourth-order valence-corrected chi connectivity index (χ4v) is 3.36. The number of pyridine rings is 1. The van der Waals surface area contributed by atoms with Gasteiger partial charge in [0.2, 0.25) is 5.88 Å². The highest BCUT2D eigenvalue weighted by Gasteiger charge is 2.67. The van der Waals surface area contributed by atoms with Crippen molar-refractivity contribution in [3.63, 3.8) is 0 Å². The molecule has 5 nitrogen and oxygen atoms in total. The number of hydrogen-bond acceptors (Lipinski definition) is 4. The van der Waals surface area contributed by atoms with Crippen molar-refractivity contribution in [1.29, 1.82) is 0 Å². The molecule has 0 bridgehead atoms. The van der Waals surface area contributed by atoms with Crippen molar-refractivity contribution in [2.75, 3.05) is 31.6 Å². The molecule has 0 aromatic carbocycles. The topological polar surface area (TPSA) is 45.7 Å². The van der Waals surface area contributed by atoms with Gasteiger partial charge in [-0.15, -0.1) is 0 Å². The molecule has 28 heavy (non-hydrogen) atoms. The Morgan fingerprint density at radius 2 is 1.93 bits per heavy atom. The van der Waals surface area contributed by atoms with Gasteiger partial charge in [-0.3, -0.25) is 4.79 Å². The summed E-state index contributed by atoms with van der Waals surface area (Å²) < 4.78 is 72.0. The SMILES string of the molecule is CN(C(=O)c1ccc(N2CC(F)(F)C2)c(OCC2CC2)n1)C1(C(F)(F)F)CC1. The number of alkyl halides is 5. The number of rotatable bonds is 6. The average molecular weight is 405 g/mol. The molecule has 0 radical (unpaired) electrons. The summed E-state index contributed by atoms with van der Waals surface area (Å²) in [5, 5.41) is 0. The van der Waals surface area contributed by atoms with E-state index in [1.807, 2.05) is 0 Å². The predicted molar refractivity (Wildman–Crippen MR) is 89.7 cm³/mol. The molecule has 0 unspecified atom stereocenters. The van der Waals surface area contributed by atoms with Crippen LogP contribution in [0.2, 0.25) is 0 Å². The summed E-state index contributed by atoms with van der Waals surface area (Å²) in [6.45, 7) is -0.637. The van der Waals surface area contributed by atoms with Gasteiger partial charge in [0.25, 0.3) is 11.8 Å². The second kappa shape index (κ2) is 6.18. The molecule has 1 aromatic rings. The van der Waals surface area contributed by atoms with E-state index < -0.39 is 36.6 Å². The highest BCUT2D eigenvalue weighted by molar-refractivity contribution is 5.93. The summed E-state index contributed by atoms with van der Waals surface area (Å²) >= 11 is 0. The average Bonchev–Trinajstić information content (AvgIpc) is 3.49. The van der Waals surface area contributed by atoms with Gasteiger partial charge in [0.15, 0.2) is 0 Å². The third-order valence-electron chi connectivity index (χ3n) is 5.59. The van der Waals surface area contributed by atoms with Crippen molar-refractivity contribution in [1.82, 2.24) is 9.88 Å². The van der Waals surface area contributed by atoms with Gasteiger partial charge in [-0.25, -0.2) is 13.8 Å². The second-order valence-electron chi connectivity index (χ2n) is 7.88. The molecule has 1 saturated heterocycles. The van der Waals surface area contributed by atoms with Crippen molar-refractivity contribution in [3.05, 3.63) is 17.8 Å². The van der Waals surface area contributed by atoms with E-state index in [1.54, 1.807) is 0 Å². The van der Waals surface area contributed by atoms with Crippen molar-refractivity contribution in [3.8, 4) is 5.88 Å². The number of aromatic nitrogens is 1. The van der Waals surface area contributed by atoms with Gasteiger partial charge in [-0.2, -0.15) is 13.2 Å². The molecule has 2 heterocycles. The van der Waals surface area contributed by atoms with Crippen LogP contribution in [0.1, 0.15) is 36.2 Å². The molecule has 3 aliphatic rings. The lowest BCUT2D eigenvalue weighted by Gasteiger charge is -2.40. The maximum Gasteiger partial charge on any atom is 0.411 e. The van der Waals surface area contributed by atoms with Crippen LogP contribution in [0.3, 0.4) is 0 Å². The fraction of sp³-hybridized carbons (Fsp3) is 0.667.